The number of carboxylic acids is 1. The summed E-state index contributed by atoms with van der Waals surface area (Å²) < 4.78 is 17.2. The van der Waals surface area contributed by atoms with Crippen molar-refractivity contribution in [2.75, 3.05) is 26.2 Å². The number of para-hydroxylation sites is 1. The van der Waals surface area contributed by atoms with Crippen LogP contribution in [0.15, 0.2) is 53.3 Å². The molecule has 1 aromatic heterocycles. The van der Waals surface area contributed by atoms with E-state index >= 15 is 4.39 Å². The van der Waals surface area contributed by atoms with Crippen molar-refractivity contribution < 1.29 is 18.8 Å². The van der Waals surface area contributed by atoms with Crippen LogP contribution in [0.1, 0.15) is 48.2 Å². The minimum absolute atomic E-state index is 0.107. The fraction of sp³-hybridized carbons (Fsp3) is 0.407. The average molecular weight is 465 g/mol. The first-order valence-electron chi connectivity index (χ1n) is 12.2. The summed E-state index contributed by atoms with van der Waals surface area (Å²) in [6.45, 7) is 4.17. The number of carbonyl (C=O) groups is 1. The lowest BCUT2D eigenvalue weighted by Gasteiger charge is -2.49. The summed E-state index contributed by atoms with van der Waals surface area (Å²) in [6.07, 6.45) is 5.34. The lowest BCUT2D eigenvalue weighted by atomic mass is 9.94. The second-order valence-corrected chi connectivity index (χ2v) is 9.63. The summed E-state index contributed by atoms with van der Waals surface area (Å²) in [5.74, 6) is -1.62. The minimum Gasteiger partial charge on any atom is -0.478 e. The zero-order valence-electron chi connectivity index (χ0n) is 19.3. The van der Waals surface area contributed by atoms with Crippen LogP contribution < -0.4 is 10.9 Å². The van der Waals surface area contributed by atoms with Crippen LogP contribution in [0.4, 0.5) is 4.39 Å². The van der Waals surface area contributed by atoms with Gasteiger partial charge in [0, 0.05) is 36.7 Å². The molecule has 2 aliphatic heterocycles. The van der Waals surface area contributed by atoms with E-state index in [1.807, 2.05) is 0 Å². The lowest BCUT2D eigenvalue weighted by Crippen LogP contribution is -2.60. The Morgan fingerprint density at radius 1 is 1.00 bits per heavy atom. The smallest absolute Gasteiger partial charge is 0.338 e. The van der Waals surface area contributed by atoms with E-state index < -0.39 is 11.8 Å². The predicted octanol–water partition coefficient (Wildman–Crippen LogP) is 4.08. The fourth-order valence-electron chi connectivity index (χ4n) is 6.12. The van der Waals surface area contributed by atoms with Crippen molar-refractivity contribution >= 4 is 16.7 Å². The molecular weight excluding hydrogens is 433 g/mol. The number of quaternary nitrogens is 1. The van der Waals surface area contributed by atoms with Gasteiger partial charge in [0.25, 0.3) is 5.56 Å². The second-order valence-electron chi connectivity index (χ2n) is 9.63. The van der Waals surface area contributed by atoms with E-state index in [1.54, 1.807) is 42.5 Å². The highest BCUT2D eigenvalue weighted by molar-refractivity contribution is 6.04. The van der Waals surface area contributed by atoms with Crippen LogP contribution in [0.5, 0.6) is 0 Å². The Morgan fingerprint density at radius 3 is 2.32 bits per heavy atom. The third-order valence-electron chi connectivity index (χ3n) is 7.75. The summed E-state index contributed by atoms with van der Waals surface area (Å²) in [6, 6.07) is 13.3. The van der Waals surface area contributed by atoms with Gasteiger partial charge in [-0.05, 0) is 37.5 Å². The van der Waals surface area contributed by atoms with Gasteiger partial charge in [0.2, 0.25) is 0 Å². The van der Waals surface area contributed by atoms with Gasteiger partial charge < -0.3 is 14.9 Å². The Labute approximate surface area is 198 Å². The number of halogens is 1. The van der Waals surface area contributed by atoms with E-state index in [1.165, 1.54) is 10.6 Å². The standard InChI is InChI=1S/C27H30FN3O3/c28-22-10-4-5-11-23(22)30-24(25(27(33)34)20-8-2-3-9-21(20)26(30)32)18-31(16-6-1-7-17-31)19-12-14-29-15-13-19/h2-5,8-11,19,29H,1,6-7,12-18H2/p+1. The lowest BCUT2D eigenvalue weighted by molar-refractivity contribution is -0.968. The molecule has 0 saturated carbocycles. The summed E-state index contributed by atoms with van der Waals surface area (Å²) in [4.78, 5) is 26.5. The second kappa shape index (κ2) is 9.31. The Morgan fingerprint density at radius 2 is 1.65 bits per heavy atom. The first-order chi connectivity index (χ1) is 16.5. The Bertz CT molecular complexity index is 1270. The molecule has 0 aliphatic carbocycles. The predicted molar refractivity (Wildman–Crippen MR) is 130 cm³/mol. The van der Waals surface area contributed by atoms with Crippen LogP contribution in [0.3, 0.4) is 0 Å². The number of benzene rings is 2. The van der Waals surface area contributed by atoms with Crippen LogP contribution >= 0.6 is 0 Å². The number of fused-ring (bicyclic) bond motifs is 1. The zero-order chi connectivity index (χ0) is 23.7. The first kappa shape index (κ1) is 22.7. The normalized spacial score (nSPS) is 18.7. The van der Waals surface area contributed by atoms with E-state index in [4.69, 9.17) is 0 Å². The van der Waals surface area contributed by atoms with Gasteiger partial charge >= 0.3 is 5.97 Å². The Hall–Kier alpha value is -3.03. The molecule has 2 saturated heterocycles. The van der Waals surface area contributed by atoms with Gasteiger partial charge in [-0.1, -0.05) is 30.3 Å². The van der Waals surface area contributed by atoms with Crippen LogP contribution in [0.2, 0.25) is 0 Å². The number of nitrogens with zero attached hydrogens (tertiary/aromatic N) is 2. The summed E-state index contributed by atoms with van der Waals surface area (Å²) in [7, 11) is 0. The number of piperidine rings is 2. The molecular formula is C27H31FN3O3+. The molecule has 0 atom stereocenters. The molecule has 7 heteroatoms. The maximum Gasteiger partial charge on any atom is 0.338 e. The van der Waals surface area contributed by atoms with Crippen molar-refractivity contribution in [3.63, 3.8) is 0 Å². The highest BCUT2D eigenvalue weighted by Crippen LogP contribution is 2.33. The van der Waals surface area contributed by atoms with Crippen molar-refractivity contribution in [3.8, 4) is 5.69 Å². The van der Waals surface area contributed by atoms with Gasteiger partial charge in [0.05, 0.1) is 36.1 Å². The molecule has 0 amide bonds. The molecule has 6 nitrogen and oxygen atoms in total. The van der Waals surface area contributed by atoms with Crippen molar-refractivity contribution in [3.05, 3.63) is 76.0 Å². The first-order valence-corrected chi connectivity index (χ1v) is 12.2. The van der Waals surface area contributed by atoms with Gasteiger partial charge in [-0.25, -0.2) is 9.18 Å². The molecule has 0 spiro atoms. The van der Waals surface area contributed by atoms with Crippen molar-refractivity contribution in [1.82, 2.24) is 9.88 Å². The van der Waals surface area contributed by atoms with Gasteiger partial charge in [-0.2, -0.15) is 0 Å². The maximum atomic E-state index is 15.1. The number of pyridine rings is 1. The number of aromatic nitrogens is 1. The molecule has 2 aliphatic rings. The molecule has 178 valence electrons. The number of carboxylic acid groups (broad SMARTS) is 1. The van der Waals surface area contributed by atoms with Gasteiger partial charge in [-0.3, -0.25) is 9.36 Å². The fourth-order valence-corrected chi connectivity index (χ4v) is 6.12. The molecule has 2 aromatic carbocycles. The molecule has 34 heavy (non-hydrogen) atoms. The van der Waals surface area contributed by atoms with Gasteiger partial charge in [0.1, 0.15) is 12.4 Å². The SMILES string of the molecule is O=C(O)c1c(C[N+]2(C3CCNCC3)CCCCC2)n(-c2ccccc2F)c(=O)c2ccccc12. The molecule has 0 radical (unpaired) electrons. The molecule has 2 fully saturated rings. The molecule has 5 rings (SSSR count). The molecule has 2 N–H and O–H groups in total. The number of aromatic carboxylic acids is 1. The maximum absolute atomic E-state index is 15.1. The van der Waals surface area contributed by atoms with Crippen molar-refractivity contribution in [2.45, 2.75) is 44.7 Å². The summed E-state index contributed by atoms with van der Waals surface area (Å²) in [5, 5.41) is 14.5. The van der Waals surface area contributed by atoms with E-state index in [9.17, 15) is 14.7 Å². The van der Waals surface area contributed by atoms with E-state index in [-0.39, 0.29) is 16.8 Å². The van der Waals surface area contributed by atoms with Crippen LogP contribution in [-0.4, -0.2) is 52.3 Å². The van der Waals surface area contributed by atoms with E-state index in [0.717, 1.165) is 62.8 Å². The Kier molecular flexibility index (Phi) is 6.23. The Balaban J connectivity index is 1.80. The average Bonchev–Trinajstić information content (AvgIpc) is 2.86. The van der Waals surface area contributed by atoms with Crippen LogP contribution in [-0.2, 0) is 6.54 Å². The van der Waals surface area contributed by atoms with Gasteiger partial charge in [0.15, 0.2) is 0 Å². The highest BCUT2D eigenvalue weighted by atomic mass is 19.1. The summed E-state index contributed by atoms with van der Waals surface area (Å²) in [5.41, 5.74) is 0.245. The molecule has 0 unspecified atom stereocenters. The van der Waals surface area contributed by atoms with Crippen LogP contribution in [0.25, 0.3) is 16.5 Å². The van der Waals surface area contributed by atoms with Crippen molar-refractivity contribution in [2.24, 2.45) is 0 Å². The number of rotatable bonds is 5. The van der Waals surface area contributed by atoms with Crippen LogP contribution in [0, 0.1) is 5.82 Å². The topological polar surface area (TPSA) is 71.3 Å². The largest absolute Gasteiger partial charge is 0.478 e. The number of hydrogen-bond donors (Lipinski definition) is 2. The van der Waals surface area contributed by atoms with Gasteiger partial charge in [-0.15, -0.1) is 0 Å². The zero-order valence-corrected chi connectivity index (χ0v) is 19.3. The number of hydrogen-bond acceptors (Lipinski definition) is 3. The highest BCUT2D eigenvalue weighted by Gasteiger charge is 2.41. The van der Waals surface area contributed by atoms with E-state index in [2.05, 4.69) is 5.32 Å². The van der Waals surface area contributed by atoms with Crippen molar-refractivity contribution in [1.29, 1.82) is 0 Å². The number of nitrogens with one attached hydrogen (secondary N) is 1. The molecule has 0 bridgehead atoms. The third kappa shape index (κ3) is 3.93. The minimum atomic E-state index is -1.09. The van der Waals surface area contributed by atoms with E-state index in [0.29, 0.717) is 29.1 Å². The number of likely N-dealkylation sites (tertiary alicyclic amines) is 1. The molecule has 3 heterocycles. The monoisotopic (exact) mass is 464 g/mol. The summed E-state index contributed by atoms with van der Waals surface area (Å²) >= 11 is 0. The molecule has 3 aromatic rings. The quantitative estimate of drug-likeness (QED) is 0.558. The third-order valence-corrected chi connectivity index (χ3v) is 7.75.